The third-order valence-electron chi connectivity index (χ3n) is 4.26. The molecule has 0 aliphatic carbocycles. The molecule has 1 amide bonds. The summed E-state index contributed by atoms with van der Waals surface area (Å²) in [6.07, 6.45) is 0.839. The topological polar surface area (TPSA) is 38.3 Å². The number of hydrogen-bond donors (Lipinski definition) is 1. The number of nitrogens with one attached hydrogen (secondary N) is 1. The van der Waals surface area contributed by atoms with E-state index in [-0.39, 0.29) is 5.91 Å². The summed E-state index contributed by atoms with van der Waals surface area (Å²) < 4.78 is 6.61. The molecule has 0 fully saturated rings. The summed E-state index contributed by atoms with van der Waals surface area (Å²) in [5, 5.41) is 2.95. The Morgan fingerprint density at radius 1 is 0.963 bits per heavy atom. The quantitative estimate of drug-likeness (QED) is 0.558. The lowest BCUT2D eigenvalue weighted by atomic mass is 10.1. The van der Waals surface area contributed by atoms with E-state index < -0.39 is 0 Å². The molecule has 0 radical (unpaired) electrons. The number of carbonyl (C=O) groups is 1. The summed E-state index contributed by atoms with van der Waals surface area (Å²) in [7, 11) is 0. The van der Waals surface area contributed by atoms with Gasteiger partial charge in [-0.3, -0.25) is 4.79 Å². The molecule has 0 saturated heterocycles. The Bertz CT molecular complexity index is 892. The highest BCUT2D eigenvalue weighted by molar-refractivity contribution is 9.10. The van der Waals surface area contributed by atoms with Crippen LogP contribution >= 0.6 is 15.9 Å². The van der Waals surface area contributed by atoms with Crippen molar-refractivity contribution in [2.45, 2.75) is 19.9 Å². The maximum Gasteiger partial charge on any atom is 0.251 e. The van der Waals surface area contributed by atoms with Gasteiger partial charge < -0.3 is 10.1 Å². The first kappa shape index (κ1) is 19.2. The highest BCUT2D eigenvalue weighted by atomic mass is 79.9. The summed E-state index contributed by atoms with van der Waals surface area (Å²) >= 11 is 3.50. The SMILES string of the molecule is Cc1ccc(CNC(=O)c2ccc(OCCc3ccccc3)c(Br)c2)cc1. The molecule has 3 aromatic carbocycles. The summed E-state index contributed by atoms with van der Waals surface area (Å²) in [6, 6.07) is 23.8. The molecule has 27 heavy (non-hydrogen) atoms. The second-order valence-corrected chi connectivity index (χ2v) is 7.25. The Morgan fingerprint density at radius 3 is 2.41 bits per heavy atom. The van der Waals surface area contributed by atoms with E-state index in [0.717, 1.165) is 22.2 Å². The lowest BCUT2D eigenvalue weighted by molar-refractivity contribution is 0.0951. The molecule has 1 N–H and O–H groups in total. The first-order valence-electron chi connectivity index (χ1n) is 8.92. The van der Waals surface area contributed by atoms with Crippen LogP contribution in [-0.4, -0.2) is 12.5 Å². The molecule has 0 unspecified atom stereocenters. The van der Waals surface area contributed by atoms with Crippen molar-refractivity contribution in [1.29, 1.82) is 0 Å². The number of hydrogen-bond acceptors (Lipinski definition) is 2. The minimum absolute atomic E-state index is 0.105. The van der Waals surface area contributed by atoms with Crippen LogP contribution in [0.25, 0.3) is 0 Å². The molecule has 0 saturated carbocycles. The van der Waals surface area contributed by atoms with Crippen molar-refractivity contribution in [2.75, 3.05) is 6.61 Å². The molecule has 0 spiro atoms. The van der Waals surface area contributed by atoms with E-state index in [2.05, 4.69) is 33.4 Å². The van der Waals surface area contributed by atoms with Crippen molar-refractivity contribution in [3.63, 3.8) is 0 Å². The molecule has 0 heterocycles. The molecule has 3 nitrogen and oxygen atoms in total. The largest absolute Gasteiger partial charge is 0.492 e. The van der Waals surface area contributed by atoms with E-state index >= 15 is 0 Å². The van der Waals surface area contributed by atoms with Gasteiger partial charge in [-0.05, 0) is 52.2 Å². The van der Waals surface area contributed by atoms with Gasteiger partial charge in [0.05, 0.1) is 11.1 Å². The van der Waals surface area contributed by atoms with Crippen molar-refractivity contribution in [2.24, 2.45) is 0 Å². The third-order valence-corrected chi connectivity index (χ3v) is 4.88. The molecular formula is C23H22BrNO2. The van der Waals surface area contributed by atoms with Crippen LogP contribution in [0.1, 0.15) is 27.0 Å². The van der Waals surface area contributed by atoms with E-state index in [1.54, 1.807) is 12.1 Å². The second kappa shape index (κ2) is 9.38. The first-order chi connectivity index (χ1) is 13.1. The zero-order valence-electron chi connectivity index (χ0n) is 15.2. The highest BCUT2D eigenvalue weighted by Gasteiger charge is 2.09. The third kappa shape index (κ3) is 5.69. The fraction of sp³-hybridized carbons (Fsp3) is 0.174. The van der Waals surface area contributed by atoms with Crippen LogP contribution in [0.15, 0.2) is 77.3 Å². The van der Waals surface area contributed by atoms with Gasteiger partial charge in [-0.1, -0.05) is 60.2 Å². The number of carbonyl (C=O) groups excluding carboxylic acids is 1. The molecule has 3 rings (SSSR count). The van der Waals surface area contributed by atoms with Crippen LogP contribution in [0.3, 0.4) is 0 Å². The van der Waals surface area contributed by atoms with Gasteiger partial charge >= 0.3 is 0 Å². The smallest absolute Gasteiger partial charge is 0.251 e. The Balaban J connectivity index is 1.53. The fourth-order valence-electron chi connectivity index (χ4n) is 2.67. The molecule has 4 heteroatoms. The van der Waals surface area contributed by atoms with Crippen molar-refractivity contribution in [3.05, 3.63) is 99.5 Å². The number of benzene rings is 3. The van der Waals surface area contributed by atoms with Gasteiger partial charge in [-0.2, -0.15) is 0 Å². The zero-order valence-corrected chi connectivity index (χ0v) is 16.8. The summed E-state index contributed by atoms with van der Waals surface area (Å²) in [6.45, 7) is 3.14. The van der Waals surface area contributed by atoms with Crippen LogP contribution in [0.4, 0.5) is 0 Å². The van der Waals surface area contributed by atoms with E-state index in [0.29, 0.717) is 18.7 Å². The minimum atomic E-state index is -0.105. The lowest BCUT2D eigenvalue weighted by Gasteiger charge is -2.10. The molecule has 0 aromatic heterocycles. The van der Waals surface area contributed by atoms with Crippen molar-refractivity contribution < 1.29 is 9.53 Å². The van der Waals surface area contributed by atoms with E-state index in [1.165, 1.54) is 11.1 Å². The maximum absolute atomic E-state index is 12.4. The first-order valence-corrected chi connectivity index (χ1v) is 9.71. The highest BCUT2D eigenvalue weighted by Crippen LogP contribution is 2.26. The normalized spacial score (nSPS) is 10.4. The molecule has 3 aromatic rings. The second-order valence-electron chi connectivity index (χ2n) is 6.40. The number of halogens is 1. The van der Waals surface area contributed by atoms with Gasteiger partial charge in [-0.15, -0.1) is 0 Å². The van der Waals surface area contributed by atoms with Crippen LogP contribution in [0.5, 0.6) is 5.75 Å². The maximum atomic E-state index is 12.4. The van der Waals surface area contributed by atoms with Gasteiger partial charge in [-0.25, -0.2) is 0 Å². The summed E-state index contributed by atoms with van der Waals surface area (Å²) in [5.74, 6) is 0.633. The van der Waals surface area contributed by atoms with Crippen molar-refractivity contribution >= 4 is 21.8 Å². The number of aryl methyl sites for hydroxylation is 1. The number of ether oxygens (including phenoxy) is 1. The molecule has 0 bridgehead atoms. The standard InChI is InChI=1S/C23H22BrNO2/c1-17-7-9-19(10-8-17)16-25-23(26)20-11-12-22(21(24)15-20)27-14-13-18-5-3-2-4-6-18/h2-12,15H,13-14,16H2,1H3,(H,25,26). The van der Waals surface area contributed by atoms with Gasteiger partial charge in [0.25, 0.3) is 5.91 Å². The van der Waals surface area contributed by atoms with Crippen molar-refractivity contribution in [1.82, 2.24) is 5.32 Å². The number of rotatable bonds is 7. The van der Waals surface area contributed by atoms with Crippen molar-refractivity contribution in [3.8, 4) is 5.75 Å². The van der Waals surface area contributed by atoms with Crippen LogP contribution in [0, 0.1) is 6.92 Å². The Hall–Kier alpha value is -2.59. The van der Waals surface area contributed by atoms with Gasteiger partial charge in [0.15, 0.2) is 0 Å². The molecular weight excluding hydrogens is 402 g/mol. The predicted octanol–water partition coefficient (Wildman–Crippen LogP) is 5.31. The van der Waals surface area contributed by atoms with Crippen LogP contribution < -0.4 is 10.1 Å². The average Bonchev–Trinajstić information content (AvgIpc) is 2.69. The Morgan fingerprint density at radius 2 is 1.70 bits per heavy atom. The van der Waals surface area contributed by atoms with Gasteiger partial charge in [0.1, 0.15) is 5.75 Å². The Kier molecular flexibility index (Phi) is 6.66. The fourth-order valence-corrected chi connectivity index (χ4v) is 3.17. The summed E-state index contributed by atoms with van der Waals surface area (Å²) in [5.41, 5.74) is 4.12. The van der Waals surface area contributed by atoms with E-state index in [4.69, 9.17) is 4.74 Å². The van der Waals surface area contributed by atoms with E-state index in [9.17, 15) is 4.79 Å². The predicted molar refractivity (Wildman–Crippen MR) is 112 cm³/mol. The molecule has 0 aliphatic heterocycles. The molecule has 138 valence electrons. The van der Waals surface area contributed by atoms with Crippen LogP contribution in [-0.2, 0) is 13.0 Å². The lowest BCUT2D eigenvalue weighted by Crippen LogP contribution is -2.22. The Labute approximate surface area is 168 Å². The molecule has 0 atom stereocenters. The van der Waals surface area contributed by atoms with E-state index in [1.807, 2.05) is 55.5 Å². The number of amides is 1. The monoisotopic (exact) mass is 423 g/mol. The van der Waals surface area contributed by atoms with Crippen LogP contribution in [0.2, 0.25) is 0 Å². The minimum Gasteiger partial charge on any atom is -0.492 e. The van der Waals surface area contributed by atoms with Gasteiger partial charge in [0, 0.05) is 18.5 Å². The molecule has 0 aliphatic rings. The zero-order chi connectivity index (χ0) is 19.1. The average molecular weight is 424 g/mol. The van der Waals surface area contributed by atoms with Gasteiger partial charge in [0.2, 0.25) is 0 Å². The summed E-state index contributed by atoms with van der Waals surface area (Å²) in [4.78, 5) is 12.4.